The minimum atomic E-state index is -0.521. The number of nitrogens with one attached hydrogen (secondary N) is 1. The summed E-state index contributed by atoms with van der Waals surface area (Å²) in [6.45, 7) is 5.13. The molecule has 3 unspecified atom stereocenters. The SMILES string of the molecule is CCC(OC(=O)c1cc(OC)c(OC)c(OC)c1)C1CCCN(C(CC)OC(=O)c2cc(OC)c(OC)c(OC)c2)NC1. The Balaban J connectivity index is 1.68. The molecule has 1 N–H and O–H groups in total. The first-order valence-electron chi connectivity index (χ1n) is 14.3. The Labute approximate surface area is 253 Å². The summed E-state index contributed by atoms with van der Waals surface area (Å²) in [4.78, 5) is 26.4. The van der Waals surface area contributed by atoms with Crippen molar-refractivity contribution in [3.63, 3.8) is 0 Å². The van der Waals surface area contributed by atoms with Gasteiger partial charge in [-0.3, -0.25) is 5.43 Å². The summed E-state index contributed by atoms with van der Waals surface area (Å²) in [7, 11) is 8.98. The summed E-state index contributed by atoms with van der Waals surface area (Å²) in [5.41, 5.74) is 4.01. The second-order valence-corrected chi connectivity index (χ2v) is 9.91. The van der Waals surface area contributed by atoms with Gasteiger partial charge in [-0.2, -0.15) is 0 Å². The van der Waals surface area contributed by atoms with Crippen LogP contribution in [0.15, 0.2) is 24.3 Å². The van der Waals surface area contributed by atoms with E-state index in [1.54, 1.807) is 24.3 Å². The average Bonchev–Trinajstić information content (AvgIpc) is 3.30. The molecule has 1 fully saturated rings. The van der Waals surface area contributed by atoms with Crippen LogP contribution in [0.5, 0.6) is 34.5 Å². The van der Waals surface area contributed by atoms with Crippen molar-refractivity contribution in [2.45, 2.75) is 51.9 Å². The number of esters is 2. The van der Waals surface area contributed by atoms with Gasteiger partial charge in [-0.05, 0) is 49.9 Å². The van der Waals surface area contributed by atoms with Gasteiger partial charge in [-0.15, -0.1) is 0 Å². The first-order valence-corrected chi connectivity index (χ1v) is 14.3. The molecule has 1 heterocycles. The predicted octanol–water partition coefficient (Wildman–Crippen LogP) is 4.48. The third-order valence-corrected chi connectivity index (χ3v) is 7.46. The molecule has 0 spiro atoms. The Morgan fingerprint density at radius 1 is 0.744 bits per heavy atom. The lowest BCUT2D eigenvalue weighted by Gasteiger charge is -2.30. The molecule has 3 rings (SSSR count). The molecule has 0 bridgehead atoms. The Kier molecular flexibility index (Phi) is 12.6. The number of carbonyl (C=O) groups is 2. The molecule has 43 heavy (non-hydrogen) atoms. The summed E-state index contributed by atoms with van der Waals surface area (Å²) in [5, 5.41) is 1.93. The second-order valence-electron chi connectivity index (χ2n) is 9.91. The van der Waals surface area contributed by atoms with E-state index < -0.39 is 18.2 Å². The van der Waals surface area contributed by atoms with Crippen molar-refractivity contribution in [1.29, 1.82) is 0 Å². The first-order chi connectivity index (χ1) is 20.8. The van der Waals surface area contributed by atoms with E-state index in [4.69, 9.17) is 37.9 Å². The quantitative estimate of drug-likeness (QED) is 0.306. The fourth-order valence-corrected chi connectivity index (χ4v) is 5.18. The Morgan fingerprint density at radius 2 is 1.21 bits per heavy atom. The third-order valence-electron chi connectivity index (χ3n) is 7.46. The number of carbonyl (C=O) groups excluding carboxylic acids is 2. The molecular formula is C31H44N2O10. The lowest BCUT2D eigenvalue weighted by atomic mass is 9.95. The number of hydrazine groups is 1. The topological polar surface area (TPSA) is 123 Å². The predicted molar refractivity (Wildman–Crippen MR) is 159 cm³/mol. The van der Waals surface area contributed by atoms with Crippen molar-refractivity contribution in [3.8, 4) is 34.5 Å². The van der Waals surface area contributed by atoms with E-state index in [-0.39, 0.29) is 17.6 Å². The van der Waals surface area contributed by atoms with E-state index in [9.17, 15) is 9.59 Å². The molecule has 2 aromatic carbocycles. The zero-order valence-electron chi connectivity index (χ0n) is 26.3. The Hall–Kier alpha value is -3.90. The van der Waals surface area contributed by atoms with Crippen molar-refractivity contribution in [2.24, 2.45) is 5.92 Å². The van der Waals surface area contributed by atoms with E-state index in [0.717, 1.165) is 12.8 Å². The van der Waals surface area contributed by atoms with Gasteiger partial charge in [0, 0.05) is 19.0 Å². The van der Waals surface area contributed by atoms with Gasteiger partial charge in [0.15, 0.2) is 29.2 Å². The van der Waals surface area contributed by atoms with Crippen molar-refractivity contribution < 1.29 is 47.5 Å². The summed E-state index contributed by atoms with van der Waals surface area (Å²) in [5.74, 6) is 1.33. The number of nitrogens with zero attached hydrogens (tertiary/aromatic N) is 1. The molecule has 12 heteroatoms. The molecule has 0 aliphatic carbocycles. The maximum atomic E-state index is 13.2. The molecule has 238 valence electrons. The lowest BCUT2D eigenvalue weighted by molar-refractivity contribution is -0.0573. The highest BCUT2D eigenvalue weighted by Gasteiger charge is 2.31. The number of hydrogen-bond acceptors (Lipinski definition) is 12. The van der Waals surface area contributed by atoms with E-state index in [1.807, 2.05) is 18.9 Å². The number of rotatable bonds is 14. The van der Waals surface area contributed by atoms with Gasteiger partial charge >= 0.3 is 11.9 Å². The second kappa shape index (κ2) is 16.1. The lowest BCUT2D eigenvalue weighted by Crippen LogP contribution is -2.48. The fourth-order valence-electron chi connectivity index (χ4n) is 5.18. The first kappa shape index (κ1) is 33.6. The van der Waals surface area contributed by atoms with E-state index >= 15 is 0 Å². The summed E-state index contributed by atoms with van der Waals surface area (Å²) < 4.78 is 44.1. The molecule has 1 aliphatic heterocycles. The van der Waals surface area contributed by atoms with Crippen LogP contribution in [-0.2, 0) is 9.47 Å². The van der Waals surface area contributed by atoms with Crippen molar-refractivity contribution >= 4 is 11.9 Å². The highest BCUT2D eigenvalue weighted by atomic mass is 16.6. The highest BCUT2D eigenvalue weighted by Crippen LogP contribution is 2.39. The molecule has 3 atom stereocenters. The molecular weight excluding hydrogens is 560 g/mol. The van der Waals surface area contributed by atoms with Crippen LogP contribution in [0.4, 0.5) is 0 Å². The van der Waals surface area contributed by atoms with Crippen LogP contribution in [0.25, 0.3) is 0 Å². The summed E-state index contributed by atoms with van der Waals surface area (Å²) in [6, 6.07) is 6.29. The van der Waals surface area contributed by atoms with Crippen LogP contribution in [-0.4, -0.2) is 85.0 Å². The van der Waals surface area contributed by atoms with Gasteiger partial charge in [0.1, 0.15) is 6.10 Å². The van der Waals surface area contributed by atoms with Crippen LogP contribution >= 0.6 is 0 Å². The molecule has 1 aliphatic rings. The minimum Gasteiger partial charge on any atom is -0.493 e. The molecule has 0 saturated carbocycles. The smallest absolute Gasteiger partial charge is 0.340 e. The van der Waals surface area contributed by atoms with Gasteiger partial charge < -0.3 is 37.9 Å². The van der Waals surface area contributed by atoms with E-state index in [2.05, 4.69) is 5.43 Å². The van der Waals surface area contributed by atoms with Gasteiger partial charge in [0.2, 0.25) is 11.5 Å². The van der Waals surface area contributed by atoms with Crippen LogP contribution in [0, 0.1) is 5.92 Å². The monoisotopic (exact) mass is 604 g/mol. The van der Waals surface area contributed by atoms with Gasteiger partial charge in [0.05, 0.1) is 53.8 Å². The zero-order valence-corrected chi connectivity index (χ0v) is 26.3. The van der Waals surface area contributed by atoms with E-state index in [1.165, 1.54) is 42.7 Å². The largest absolute Gasteiger partial charge is 0.493 e. The van der Waals surface area contributed by atoms with E-state index in [0.29, 0.717) is 66.0 Å². The number of benzene rings is 2. The van der Waals surface area contributed by atoms with Crippen molar-refractivity contribution in [1.82, 2.24) is 10.4 Å². The normalized spacial score (nSPS) is 16.7. The van der Waals surface area contributed by atoms with Crippen molar-refractivity contribution in [2.75, 3.05) is 55.7 Å². The molecule has 0 amide bonds. The summed E-state index contributed by atoms with van der Waals surface area (Å²) in [6.07, 6.45) is 1.97. The van der Waals surface area contributed by atoms with Crippen LogP contribution in [0.1, 0.15) is 60.2 Å². The van der Waals surface area contributed by atoms with Crippen LogP contribution in [0.2, 0.25) is 0 Å². The van der Waals surface area contributed by atoms with Gasteiger partial charge in [-0.1, -0.05) is 13.8 Å². The molecule has 12 nitrogen and oxygen atoms in total. The molecule has 0 aromatic heterocycles. The maximum Gasteiger partial charge on any atom is 0.340 e. The maximum absolute atomic E-state index is 13.2. The molecule has 2 aromatic rings. The molecule has 0 radical (unpaired) electrons. The van der Waals surface area contributed by atoms with Gasteiger partial charge in [0.25, 0.3) is 0 Å². The third kappa shape index (κ3) is 7.94. The molecule has 1 saturated heterocycles. The van der Waals surface area contributed by atoms with Crippen LogP contribution in [0.3, 0.4) is 0 Å². The number of methoxy groups -OCH3 is 6. The fraction of sp³-hybridized carbons (Fsp3) is 0.548. The minimum absolute atomic E-state index is 0.0457. The average molecular weight is 605 g/mol. The Bertz CT molecular complexity index is 1090. The highest BCUT2D eigenvalue weighted by molar-refractivity contribution is 5.92. The van der Waals surface area contributed by atoms with Crippen molar-refractivity contribution in [3.05, 3.63) is 35.4 Å². The number of ether oxygens (including phenoxy) is 8. The van der Waals surface area contributed by atoms with Gasteiger partial charge in [-0.25, -0.2) is 14.6 Å². The Morgan fingerprint density at radius 3 is 1.60 bits per heavy atom. The zero-order chi connectivity index (χ0) is 31.5. The summed E-state index contributed by atoms with van der Waals surface area (Å²) >= 11 is 0. The number of hydrogen-bond donors (Lipinski definition) is 1. The van der Waals surface area contributed by atoms with Crippen LogP contribution < -0.4 is 33.8 Å². The standard InChI is InChI=1S/C31H44N2O10/c1-9-22(42-30(34)20-14-23(36-3)28(40-7)24(15-20)37-4)19-12-11-13-33(32-18-19)27(10-2)43-31(35)21-16-25(38-5)29(41-8)26(17-21)39-6/h14-17,19,22,27,32H,9-13,18H2,1-8H3.